The monoisotopic (exact) mass is 304 g/mol. The molecule has 5 heteroatoms. The zero-order chi connectivity index (χ0) is 15.4. The maximum absolute atomic E-state index is 12.2. The fourth-order valence-electron chi connectivity index (χ4n) is 2.95. The molecule has 1 aromatic carbocycles. The third kappa shape index (κ3) is 3.53. The van der Waals surface area contributed by atoms with Crippen LogP contribution in [0.1, 0.15) is 31.2 Å². The maximum atomic E-state index is 12.2. The van der Waals surface area contributed by atoms with Gasteiger partial charge in [0.15, 0.2) is 11.5 Å². The molecule has 120 valence electrons. The minimum atomic E-state index is 0.269. The van der Waals surface area contributed by atoms with Gasteiger partial charge in [-0.2, -0.15) is 0 Å². The van der Waals surface area contributed by atoms with E-state index >= 15 is 0 Å². The van der Waals surface area contributed by atoms with Crippen LogP contribution < -0.4 is 14.8 Å². The molecule has 1 N–H and O–H groups in total. The molecule has 5 nitrogen and oxygen atoms in total. The molecule has 1 fully saturated rings. The molecule has 1 aromatic rings. The molecule has 1 unspecified atom stereocenters. The first-order valence-corrected chi connectivity index (χ1v) is 8.12. The topological polar surface area (TPSA) is 50.8 Å². The van der Waals surface area contributed by atoms with Gasteiger partial charge in [0, 0.05) is 32.6 Å². The molecule has 22 heavy (non-hydrogen) atoms. The first-order valence-electron chi connectivity index (χ1n) is 8.12. The lowest BCUT2D eigenvalue weighted by Crippen LogP contribution is -2.46. The fourth-order valence-corrected chi connectivity index (χ4v) is 2.95. The van der Waals surface area contributed by atoms with Gasteiger partial charge in [-0.05, 0) is 30.0 Å². The van der Waals surface area contributed by atoms with Gasteiger partial charge in [-0.15, -0.1) is 0 Å². The maximum Gasteiger partial charge on any atom is 0.222 e. The number of piperazine rings is 1. The highest BCUT2D eigenvalue weighted by Crippen LogP contribution is 2.34. The van der Waals surface area contributed by atoms with E-state index in [1.54, 1.807) is 0 Å². The first kappa shape index (κ1) is 15.2. The molecule has 3 rings (SSSR count). The van der Waals surface area contributed by atoms with Crippen LogP contribution in [0, 0.1) is 0 Å². The Hall–Kier alpha value is -1.75. The second-order valence-corrected chi connectivity index (χ2v) is 5.97. The van der Waals surface area contributed by atoms with Crippen molar-refractivity contribution in [2.75, 3.05) is 39.4 Å². The predicted octanol–water partition coefficient (Wildman–Crippen LogP) is 1.77. The molecule has 0 bridgehead atoms. The number of nitrogens with one attached hydrogen (secondary N) is 1. The number of fused-ring (bicyclic) bond motifs is 1. The van der Waals surface area contributed by atoms with Crippen LogP contribution in [0.15, 0.2) is 18.2 Å². The van der Waals surface area contributed by atoms with Gasteiger partial charge in [0.1, 0.15) is 13.2 Å². The third-order valence-corrected chi connectivity index (χ3v) is 4.40. The van der Waals surface area contributed by atoms with Crippen LogP contribution in [0.4, 0.5) is 0 Å². The highest BCUT2D eigenvalue weighted by Gasteiger charge is 2.18. The van der Waals surface area contributed by atoms with Crippen molar-refractivity contribution in [2.45, 2.75) is 25.7 Å². The van der Waals surface area contributed by atoms with E-state index in [-0.39, 0.29) is 5.91 Å². The van der Waals surface area contributed by atoms with E-state index in [9.17, 15) is 4.79 Å². The zero-order valence-corrected chi connectivity index (χ0v) is 13.1. The van der Waals surface area contributed by atoms with Crippen molar-refractivity contribution in [3.63, 3.8) is 0 Å². The Morgan fingerprint density at radius 2 is 1.95 bits per heavy atom. The standard InChI is InChI=1S/C17H24N2O3/c1-13(2-5-17(20)19-8-6-18-7-9-19)14-3-4-15-16(12-14)22-11-10-21-15/h3-4,12-13,18H,2,5-11H2,1H3. The summed E-state index contributed by atoms with van der Waals surface area (Å²) in [6.45, 7) is 6.85. The average Bonchev–Trinajstić information content (AvgIpc) is 2.59. The Balaban J connectivity index is 1.55. The summed E-state index contributed by atoms with van der Waals surface area (Å²) in [6, 6.07) is 6.10. The number of rotatable bonds is 4. The summed E-state index contributed by atoms with van der Waals surface area (Å²) in [7, 11) is 0. The molecule has 1 saturated heterocycles. The number of ether oxygens (including phenoxy) is 2. The fraction of sp³-hybridized carbons (Fsp3) is 0.588. The summed E-state index contributed by atoms with van der Waals surface area (Å²) in [5.74, 6) is 2.25. The Morgan fingerprint density at radius 1 is 1.23 bits per heavy atom. The quantitative estimate of drug-likeness (QED) is 0.921. The number of carbonyl (C=O) groups is 1. The van der Waals surface area contributed by atoms with E-state index in [4.69, 9.17) is 9.47 Å². The van der Waals surface area contributed by atoms with Gasteiger partial charge < -0.3 is 19.7 Å². The molecule has 0 spiro atoms. The molecule has 1 amide bonds. The van der Waals surface area contributed by atoms with Gasteiger partial charge in [-0.1, -0.05) is 13.0 Å². The summed E-state index contributed by atoms with van der Waals surface area (Å²) in [5.41, 5.74) is 1.21. The number of amides is 1. The van der Waals surface area contributed by atoms with Gasteiger partial charge in [-0.3, -0.25) is 4.79 Å². The van der Waals surface area contributed by atoms with Crippen LogP contribution in [0.5, 0.6) is 11.5 Å². The molecular formula is C17H24N2O3. The van der Waals surface area contributed by atoms with Crippen LogP contribution in [-0.2, 0) is 4.79 Å². The SMILES string of the molecule is CC(CCC(=O)N1CCNCC1)c1ccc2c(c1)OCCO2. The summed E-state index contributed by atoms with van der Waals surface area (Å²) in [4.78, 5) is 14.2. The molecule has 0 aliphatic carbocycles. The largest absolute Gasteiger partial charge is 0.486 e. The van der Waals surface area contributed by atoms with Gasteiger partial charge in [0.2, 0.25) is 5.91 Å². The minimum absolute atomic E-state index is 0.269. The lowest BCUT2D eigenvalue weighted by atomic mass is 9.95. The van der Waals surface area contributed by atoms with Gasteiger partial charge in [0.25, 0.3) is 0 Å². The highest BCUT2D eigenvalue weighted by atomic mass is 16.6. The van der Waals surface area contributed by atoms with E-state index in [1.165, 1.54) is 5.56 Å². The number of benzene rings is 1. The Labute approximate surface area is 131 Å². The Bertz CT molecular complexity index is 527. The number of hydrogen-bond donors (Lipinski definition) is 1. The lowest BCUT2D eigenvalue weighted by Gasteiger charge is -2.28. The number of carbonyl (C=O) groups excluding carboxylic acids is 1. The third-order valence-electron chi connectivity index (χ3n) is 4.40. The summed E-state index contributed by atoms with van der Waals surface area (Å²) < 4.78 is 11.2. The Morgan fingerprint density at radius 3 is 2.73 bits per heavy atom. The van der Waals surface area contributed by atoms with Crippen molar-refractivity contribution in [2.24, 2.45) is 0 Å². The van der Waals surface area contributed by atoms with E-state index in [1.807, 2.05) is 11.0 Å². The summed E-state index contributed by atoms with van der Waals surface area (Å²) in [5, 5.41) is 3.27. The van der Waals surface area contributed by atoms with Crippen molar-refractivity contribution < 1.29 is 14.3 Å². The lowest BCUT2D eigenvalue weighted by molar-refractivity contribution is -0.131. The van der Waals surface area contributed by atoms with Crippen molar-refractivity contribution in [1.82, 2.24) is 10.2 Å². The van der Waals surface area contributed by atoms with Crippen LogP contribution >= 0.6 is 0 Å². The predicted molar refractivity (Wildman–Crippen MR) is 84.5 cm³/mol. The molecule has 0 radical (unpaired) electrons. The molecule has 0 aromatic heterocycles. The average molecular weight is 304 g/mol. The molecule has 2 aliphatic heterocycles. The first-order chi connectivity index (χ1) is 10.7. The second-order valence-electron chi connectivity index (χ2n) is 5.97. The van der Waals surface area contributed by atoms with E-state index in [0.717, 1.165) is 44.1 Å². The van der Waals surface area contributed by atoms with Crippen LogP contribution in [-0.4, -0.2) is 50.2 Å². The normalized spacial score (nSPS) is 18.9. The van der Waals surface area contributed by atoms with E-state index in [2.05, 4.69) is 24.4 Å². The van der Waals surface area contributed by atoms with Crippen LogP contribution in [0.25, 0.3) is 0 Å². The Kier molecular flexibility index (Phi) is 4.83. The van der Waals surface area contributed by atoms with E-state index in [0.29, 0.717) is 25.6 Å². The summed E-state index contributed by atoms with van der Waals surface area (Å²) >= 11 is 0. The molecule has 2 heterocycles. The van der Waals surface area contributed by atoms with Crippen molar-refractivity contribution in [3.05, 3.63) is 23.8 Å². The van der Waals surface area contributed by atoms with E-state index < -0.39 is 0 Å². The summed E-state index contributed by atoms with van der Waals surface area (Å²) in [6.07, 6.45) is 1.47. The van der Waals surface area contributed by atoms with Gasteiger partial charge in [-0.25, -0.2) is 0 Å². The number of nitrogens with zero attached hydrogens (tertiary/aromatic N) is 1. The second kappa shape index (κ2) is 7.01. The van der Waals surface area contributed by atoms with Crippen molar-refractivity contribution in [1.29, 1.82) is 0 Å². The van der Waals surface area contributed by atoms with Crippen LogP contribution in [0.2, 0.25) is 0 Å². The highest BCUT2D eigenvalue weighted by molar-refractivity contribution is 5.76. The molecule has 2 aliphatic rings. The molecule has 1 atom stereocenters. The van der Waals surface area contributed by atoms with Crippen LogP contribution in [0.3, 0.4) is 0 Å². The number of hydrogen-bond acceptors (Lipinski definition) is 4. The van der Waals surface area contributed by atoms with Crippen molar-refractivity contribution in [3.8, 4) is 11.5 Å². The minimum Gasteiger partial charge on any atom is -0.486 e. The van der Waals surface area contributed by atoms with Gasteiger partial charge >= 0.3 is 0 Å². The zero-order valence-electron chi connectivity index (χ0n) is 13.1. The molecule has 0 saturated carbocycles. The smallest absolute Gasteiger partial charge is 0.222 e. The van der Waals surface area contributed by atoms with Crippen molar-refractivity contribution >= 4 is 5.91 Å². The molecular weight excluding hydrogens is 280 g/mol. The van der Waals surface area contributed by atoms with Gasteiger partial charge in [0.05, 0.1) is 0 Å².